The van der Waals surface area contributed by atoms with Crippen LogP contribution >= 0.6 is 0 Å². The lowest BCUT2D eigenvalue weighted by atomic mass is 10.2. The van der Waals surface area contributed by atoms with Gasteiger partial charge in [-0.3, -0.25) is 9.48 Å². The minimum atomic E-state index is -0.703. The predicted molar refractivity (Wildman–Crippen MR) is 96.3 cm³/mol. The predicted octanol–water partition coefficient (Wildman–Crippen LogP) is 2.97. The number of ether oxygens (including phenoxy) is 1. The minimum Gasteiger partial charge on any atom is -0.367 e. The molecule has 1 atom stereocenters. The van der Waals surface area contributed by atoms with Crippen molar-refractivity contribution in [2.75, 3.05) is 12.4 Å². The molecule has 1 amide bonds. The molecule has 1 aromatic carbocycles. The van der Waals surface area contributed by atoms with Crippen molar-refractivity contribution in [1.82, 2.24) is 19.7 Å². The number of aryl methyl sites for hydroxylation is 2. The van der Waals surface area contributed by atoms with Crippen LogP contribution in [0, 0.1) is 0 Å². The molecule has 0 radical (unpaired) electrons. The first kappa shape index (κ1) is 17.2. The van der Waals surface area contributed by atoms with E-state index < -0.39 is 6.10 Å². The number of unbranched alkanes of at least 4 members (excludes halogenated alkanes) is 1. The molecule has 0 aliphatic rings. The molecule has 7 heteroatoms. The fourth-order valence-electron chi connectivity index (χ4n) is 2.78. The smallest absolute Gasteiger partial charge is 0.258 e. The zero-order valence-electron chi connectivity index (χ0n) is 14.7. The van der Waals surface area contributed by atoms with E-state index in [1.165, 1.54) is 7.11 Å². The van der Waals surface area contributed by atoms with Crippen LogP contribution in [-0.2, 0) is 23.0 Å². The van der Waals surface area contributed by atoms with E-state index in [0.29, 0.717) is 11.3 Å². The topological polar surface area (TPSA) is 84.8 Å². The minimum absolute atomic E-state index is 0.236. The maximum atomic E-state index is 12.5. The lowest BCUT2D eigenvalue weighted by Gasteiger charge is -2.13. The second-order valence-electron chi connectivity index (χ2n) is 6.07. The largest absolute Gasteiger partial charge is 0.367 e. The first-order chi connectivity index (χ1) is 12.1. The summed E-state index contributed by atoms with van der Waals surface area (Å²) < 4.78 is 6.98. The number of carbonyl (C=O) groups is 1. The molecule has 132 valence electrons. The van der Waals surface area contributed by atoms with Gasteiger partial charge >= 0.3 is 0 Å². The van der Waals surface area contributed by atoms with Crippen LogP contribution in [0.4, 0.5) is 5.69 Å². The van der Waals surface area contributed by atoms with Gasteiger partial charge in [0.1, 0.15) is 5.82 Å². The highest BCUT2D eigenvalue weighted by Gasteiger charge is 2.21. The van der Waals surface area contributed by atoms with Gasteiger partial charge in [-0.05, 0) is 24.6 Å². The normalized spacial score (nSPS) is 12.4. The average Bonchev–Trinajstić information content (AvgIpc) is 3.19. The number of methoxy groups -OCH3 is 1. The van der Waals surface area contributed by atoms with Gasteiger partial charge in [-0.15, -0.1) is 0 Å². The number of rotatable bonds is 7. The fraction of sp³-hybridized carbons (Fsp3) is 0.389. The third-order valence-corrected chi connectivity index (χ3v) is 4.07. The summed E-state index contributed by atoms with van der Waals surface area (Å²) in [5.41, 5.74) is 3.24. The van der Waals surface area contributed by atoms with Crippen LogP contribution in [0.3, 0.4) is 0 Å². The molecule has 7 nitrogen and oxygen atoms in total. The van der Waals surface area contributed by atoms with Crippen LogP contribution in [0.25, 0.3) is 11.0 Å². The highest BCUT2D eigenvalue weighted by Crippen LogP contribution is 2.21. The van der Waals surface area contributed by atoms with Crippen molar-refractivity contribution in [3.8, 4) is 0 Å². The number of H-pyrrole nitrogens is 1. The molecule has 25 heavy (non-hydrogen) atoms. The third-order valence-electron chi connectivity index (χ3n) is 4.07. The van der Waals surface area contributed by atoms with Gasteiger partial charge < -0.3 is 15.0 Å². The summed E-state index contributed by atoms with van der Waals surface area (Å²) >= 11 is 0. The van der Waals surface area contributed by atoms with Crippen LogP contribution in [0.1, 0.15) is 37.3 Å². The number of nitrogens with zero attached hydrogens (tertiary/aromatic N) is 3. The van der Waals surface area contributed by atoms with E-state index in [2.05, 4.69) is 27.3 Å². The molecule has 0 bridgehead atoms. The summed E-state index contributed by atoms with van der Waals surface area (Å²) in [7, 11) is 3.31. The molecule has 3 rings (SSSR count). The molecular formula is C18H23N5O2. The van der Waals surface area contributed by atoms with Gasteiger partial charge in [-0.25, -0.2) is 4.98 Å². The van der Waals surface area contributed by atoms with Crippen molar-refractivity contribution < 1.29 is 9.53 Å². The highest BCUT2D eigenvalue weighted by molar-refractivity contribution is 5.96. The molecule has 0 fully saturated rings. The number of aromatic amines is 1. The van der Waals surface area contributed by atoms with Gasteiger partial charge in [0.05, 0.1) is 17.2 Å². The molecule has 0 spiro atoms. The van der Waals surface area contributed by atoms with Crippen molar-refractivity contribution in [3.05, 3.63) is 42.0 Å². The van der Waals surface area contributed by atoms with E-state index in [1.54, 1.807) is 24.1 Å². The monoisotopic (exact) mass is 341 g/mol. The van der Waals surface area contributed by atoms with Gasteiger partial charge in [0.15, 0.2) is 6.10 Å². The summed E-state index contributed by atoms with van der Waals surface area (Å²) in [6.45, 7) is 2.16. The SMILES string of the molecule is CCCCc1nc2ccc(NC(=O)C(OC)c3cnn(C)c3)cc2[nH]1. The van der Waals surface area contributed by atoms with Gasteiger partial charge in [0.25, 0.3) is 5.91 Å². The highest BCUT2D eigenvalue weighted by atomic mass is 16.5. The number of amides is 1. The third kappa shape index (κ3) is 3.88. The van der Waals surface area contributed by atoms with Crippen molar-refractivity contribution in [1.29, 1.82) is 0 Å². The number of imidazole rings is 1. The van der Waals surface area contributed by atoms with Crippen molar-refractivity contribution in [2.24, 2.45) is 7.05 Å². The van der Waals surface area contributed by atoms with Crippen LogP contribution < -0.4 is 5.32 Å². The van der Waals surface area contributed by atoms with Gasteiger partial charge in [-0.1, -0.05) is 13.3 Å². The molecule has 2 heterocycles. The maximum absolute atomic E-state index is 12.5. The summed E-state index contributed by atoms with van der Waals surface area (Å²) in [5.74, 6) is 0.742. The van der Waals surface area contributed by atoms with Crippen molar-refractivity contribution in [2.45, 2.75) is 32.3 Å². The number of anilines is 1. The Hall–Kier alpha value is -2.67. The molecule has 0 saturated heterocycles. The molecule has 0 aliphatic heterocycles. The molecular weight excluding hydrogens is 318 g/mol. The van der Waals surface area contributed by atoms with E-state index in [-0.39, 0.29) is 5.91 Å². The van der Waals surface area contributed by atoms with Gasteiger partial charge in [-0.2, -0.15) is 5.10 Å². The summed E-state index contributed by atoms with van der Waals surface area (Å²) in [5, 5.41) is 6.98. The first-order valence-electron chi connectivity index (χ1n) is 8.41. The number of nitrogens with one attached hydrogen (secondary N) is 2. The standard InChI is InChI=1S/C18H23N5O2/c1-4-5-6-16-21-14-8-7-13(9-15(14)22-16)20-18(24)17(25-3)12-10-19-23(2)11-12/h7-11,17H,4-6H2,1-3H3,(H,20,24)(H,21,22). The summed E-state index contributed by atoms with van der Waals surface area (Å²) in [4.78, 5) is 20.4. The van der Waals surface area contributed by atoms with E-state index in [0.717, 1.165) is 36.1 Å². The Morgan fingerprint density at radius 2 is 2.28 bits per heavy atom. The molecule has 2 aromatic heterocycles. The van der Waals surface area contributed by atoms with Crippen LogP contribution in [0.15, 0.2) is 30.6 Å². The second kappa shape index (κ2) is 7.48. The number of fused-ring (bicyclic) bond motifs is 1. The van der Waals surface area contributed by atoms with E-state index in [9.17, 15) is 4.79 Å². The molecule has 0 saturated carbocycles. The zero-order chi connectivity index (χ0) is 17.8. The Labute approximate surface area is 146 Å². The summed E-state index contributed by atoms with van der Waals surface area (Å²) in [6, 6.07) is 5.65. The molecule has 1 unspecified atom stereocenters. The Kier molecular flexibility index (Phi) is 5.14. The quantitative estimate of drug-likeness (QED) is 0.692. The lowest BCUT2D eigenvalue weighted by Crippen LogP contribution is -2.22. The van der Waals surface area contributed by atoms with E-state index >= 15 is 0 Å². The van der Waals surface area contributed by atoms with Gasteiger partial charge in [0, 0.05) is 38.0 Å². The van der Waals surface area contributed by atoms with Crippen LogP contribution in [0.2, 0.25) is 0 Å². The Morgan fingerprint density at radius 1 is 1.44 bits per heavy atom. The van der Waals surface area contributed by atoms with Crippen molar-refractivity contribution in [3.63, 3.8) is 0 Å². The fourth-order valence-corrected chi connectivity index (χ4v) is 2.78. The van der Waals surface area contributed by atoms with E-state index in [1.807, 2.05) is 18.2 Å². The molecule has 3 aromatic rings. The number of carbonyl (C=O) groups excluding carboxylic acids is 1. The Morgan fingerprint density at radius 3 is 2.96 bits per heavy atom. The Bertz CT molecular complexity index is 867. The second-order valence-corrected chi connectivity index (χ2v) is 6.07. The van der Waals surface area contributed by atoms with Crippen molar-refractivity contribution >= 4 is 22.6 Å². The maximum Gasteiger partial charge on any atom is 0.258 e. The molecule has 2 N–H and O–H groups in total. The molecule has 0 aliphatic carbocycles. The van der Waals surface area contributed by atoms with Crippen LogP contribution in [-0.4, -0.2) is 32.8 Å². The average molecular weight is 341 g/mol. The summed E-state index contributed by atoms with van der Waals surface area (Å²) in [6.07, 6.45) is 5.86. The van der Waals surface area contributed by atoms with Gasteiger partial charge in [0.2, 0.25) is 0 Å². The van der Waals surface area contributed by atoms with Crippen LogP contribution in [0.5, 0.6) is 0 Å². The van der Waals surface area contributed by atoms with E-state index in [4.69, 9.17) is 4.74 Å². The Balaban J connectivity index is 1.75. The number of hydrogen-bond donors (Lipinski definition) is 2. The lowest BCUT2D eigenvalue weighted by molar-refractivity contribution is -0.126. The number of hydrogen-bond acceptors (Lipinski definition) is 4. The first-order valence-corrected chi connectivity index (χ1v) is 8.41. The number of aromatic nitrogens is 4. The zero-order valence-corrected chi connectivity index (χ0v) is 14.7. The number of benzene rings is 1.